The molecule has 0 aromatic heterocycles. The molecule has 0 spiro atoms. The molecule has 0 aliphatic carbocycles. The van der Waals surface area contributed by atoms with Crippen LogP contribution in [0.4, 0.5) is 0 Å². The van der Waals surface area contributed by atoms with Gasteiger partial charge in [0.15, 0.2) is 0 Å². The molecular formula is C12H20N2O4. The van der Waals surface area contributed by atoms with Crippen LogP contribution in [0.25, 0.3) is 0 Å². The third kappa shape index (κ3) is 4.12. The zero-order valence-electron chi connectivity index (χ0n) is 10.6. The lowest BCUT2D eigenvalue weighted by atomic mass is 10.1. The lowest BCUT2D eigenvalue weighted by Crippen LogP contribution is -2.54. The van der Waals surface area contributed by atoms with Gasteiger partial charge in [0.25, 0.3) is 0 Å². The molecule has 1 aliphatic heterocycles. The van der Waals surface area contributed by atoms with Crippen LogP contribution < -0.4 is 5.32 Å². The van der Waals surface area contributed by atoms with Gasteiger partial charge >= 0.3 is 5.97 Å². The van der Waals surface area contributed by atoms with Crippen LogP contribution in [-0.2, 0) is 14.3 Å². The molecule has 1 heterocycles. The van der Waals surface area contributed by atoms with E-state index < -0.39 is 12.0 Å². The minimum atomic E-state index is -1.03. The summed E-state index contributed by atoms with van der Waals surface area (Å²) in [4.78, 5) is 24.5. The second kappa shape index (κ2) is 7.13. The van der Waals surface area contributed by atoms with Crippen molar-refractivity contribution in [3.63, 3.8) is 0 Å². The van der Waals surface area contributed by atoms with Gasteiger partial charge in [-0.25, -0.2) is 4.79 Å². The predicted octanol–water partition coefficient (Wildman–Crippen LogP) is -0.146. The van der Waals surface area contributed by atoms with Gasteiger partial charge in [0.05, 0.1) is 13.2 Å². The Hall–Kier alpha value is -1.40. The quantitative estimate of drug-likeness (QED) is 0.646. The third-order valence-corrected chi connectivity index (χ3v) is 2.79. The lowest BCUT2D eigenvalue weighted by molar-refractivity contribution is -0.136. The second-order valence-electron chi connectivity index (χ2n) is 4.26. The van der Waals surface area contributed by atoms with Crippen molar-refractivity contribution in [2.75, 3.05) is 32.8 Å². The number of rotatable bonds is 6. The fourth-order valence-corrected chi connectivity index (χ4v) is 1.75. The highest BCUT2D eigenvalue weighted by Gasteiger charge is 2.30. The highest BCUT2D eigenvalue weighted by Crippen LogP contribution is 2.09. The topological polar surface area (TPSA) is 78.9 Å². The maximum atomic E-state index is 11.9. The van der Waals surface area contributed by atoms with E-state index in [1.807, 2.05) is 6.92 Å². The Bertz CT molecular complexity index is 330. The van der Waals surface area contributed by atoms with Crippen molar-refractivity contribution >= 4 is 11.9 Å². The molecule has 1 saturated heterocycles. The van der Waals surface area contributed by atoms with Gasteiger partial charge in [-0.2, -0.15) is 0 Å². The number of carbonyl (C=O) groups is 2. The summed E-state index contributed by atoms with van der Waals surface area (Å²) in [6.07, 6.45) is 0.862. The van der Waals surface area contributed by atoms with E-state index in [0.717, 1.165) is 6.42 Å². The first-order chi connectivity index (χ1) is 8.56. The summed E-state index contributed by atoms with van der Waals surface area (Å²) < 4.78 is 5.28. The van der Waals surface area contributed by atoms with Gasteiger partial charge in [-0.1, -0.05) is 13.5 Å². The Kier molecular flexibility index (Phi) is 5.80. The van der Waals surface area contributed by atoms with Crippen LogP contribution in [0.5, 0.6) is 0 Å². The lowest BCUT2D eigenvalue weighted by Gasteiger charge is -2.34. The van der Waals surface area contributed by atoms with Crippen molar-refractivity contribution in [1.82, 2.24) is 10.2 Å². The fraction of sp³-hybridized carbons (Fsp3) is 0.667. The maximum Gasteiger partial charge on any atom is 0.332 e. The highest BCUT2D eigenvalue weighted by molar-refractivity contribution is 5.86. The smallest absolute Gasteiger partial charge is 0.332 e. The Morgan fingerprint density at radius 3 is 2.89 bits per heavy atom. The molecule has 6 nitrogen and oxygen atoms in total. The zero-order valence-corrected chi connectivity index (χ0v) is 10.6. The number of nitrogens with zero attached hydrogens (tertiary/aromatic N) is 1. The van der Waals surface area contributed by atoms with Gasteiger partial charge < -0.3 is 15.2 Å². The number of hydrogen-bond acceptors (Lipinski definition) is 4. The molecule has 1 unspecified atom stereocenters. The summed E-state index contributed by atoms with van der Waals surface area (Å²) in [7, 11) is 0. The Labute approximate surface area is 107 Å². The van der Waals surface area contributed by atoms with E-state index in [2.05, 4.69) is 11.9 Å². The first kappa shape index (κ1) is 14.7. The number of hydrogen-bond donors (Lipinski definition) is 2. The molecule has 0 bridgehead atoms. The molecular weight excluding hydrogens is 236 g/mol. The van der Waals surface area contributed by atoms with Gasteiger partial charge in [-0.05, 0) is 6.42 Å². The van der Waals surface area contributed by atoms with E-state index in [0.29, 0.717) is 26.3 Å². The van der Waals surface area contributed by atoms with Gasteiger partial charge in [-0.3, -0.25) is 9.69 Å². The van der Waals surface area contributed by atoms with Crippen LogP contribution in [0.2, 0.25) is 0 Å². The summed E-state index contributed by atoms with van der Waals surface area (Å²) in [6, 6.07) is -0.429. The van der Waals surface area contributed by atoms with Gasteiger partial charge in [0.1, 0.15) is 6.04 Å². The molecule has 1 aliphatic rings. The number of nitrogens with one attached hydrogen (secondary N) is 1. The fourth-order valence-electron chi connectivity index (χ4n) is 1.75. The summed E-state index contributed by atoms with van der Waals surface area (Å²) in [5, 5.41) is 11.6. The van der Waals surface area contributed by atoms with E-state index >= 15 is 0 Å². The first-order valence-corrected chi connectivity index (χ1v) is 6.06. The van der Waals surface area contributed by atoms with Crippen LogP contribution >= 0.6 is 0 Å². The second-order valence-corrected chi connectivity index (χ2v) is 4.26. The number of carboxylic acids is 1. The van der Waals surface area contributed by atoms with Gasteiger partial charge in [0.2, 0.25) is 5.91 Å². The van der Waals surface area contributed by atoms with E-state index in [1.54, 1.807) is 4.90 Å². The van der Waals surface area contributed by atoms with E-state index in [1.165, 1.54) is 0 Å². The maximum absolute atomic E-state index is 11.9. The number of carbonyl (C=O) groups excluding carboxylic acids is 1. The molecule has 0 radical (unpaired) electrons. The van der Waals surface area contributed by atoms with Crippen LogP contribution in [-0.4, -0.2) is 60.8 Å². The highest BCUT2D eigenvalue weighted by atomic mass is 16.5. The minimum absolute atomic E-state index is 0.0881. The number of carboxylic acid groups (broad SMARTS) is 1. The SMILES string of the molecule is C=C(CN1CCOCC1C(=O)NCCC)C(=O)O. The van der Waals surface area contributed by atoms with Crippen LogP contribution in [0.1, 0.15) is 13.3 Å². The molecule has 0 aromatic rings. The molecule has 2 N–H and O–H groups in total. The molecule has 18 heavy (non-hydrogen) atoms. The van der Waals surface area contributed by atoms with Gasteiger partial charge in [0, 0.05) is 25.2 Å². The van der Waals surface area contributed by atoms with Crippen molar-refractivity contribution < 1.29 is 19.4 Å². The molecule has 0 aromatic carbocycles. The average molecular weight is 256 g/mol. The number of morpholine rings is 1. The standard InChI is InChI=1S/C12H20N2O4/c1-3-4-13-11(15)10-8-18-6-5-14(10)7-9(2)12(16)17/h10H,2-8H2,1H3,(H,13,15)(H,16,17). The Morgan fingerprint density at radius 1 is 1.56 bits per heavy atom. The van der Waals surface area contributed by atoms with Crippen molar-refractivity contribution in [2.24, 2.45) is 0 Å². The number of amides is 1. The normalized spacial score (nSPS) is 20.4. The van der Waals surface area contributed by atoms with Crippen molar-refractivity contribution in [2.45, 2.75) is 19.4 Å². The first-order valence-electron chi connectivity index (χ1n) is 6.06. The molecule has 1 rings (SSSR count). The van der Waals surface area contributed by atoms with Crippen LogP contribution in [0.15, 0.2) is 12.2 Å². The molecule has 1 amide bonds. The van der Waals surface area contributed by atoms with Crippen LogP contribution in [0, 0.1) is 0 Å². The summed E-state index contributed by atoms with van der Waals surface area (Å²) in [5.41, 5.74) is 0.0881. The monoisotopic (exact) mass is 256 g/mol. The third-order valence-electron chi connectivity index (χ3n) is 2.79. The van der Waals surface area contributed by atoms with E-state index in [9.17, 15) is 9.59 Å². The van der Waals surface area contributed by atoms with Gasteiger partial charge in [-0.15, -0.1) is 0 Å². The molecule has 1 atom stereocenters. The minimum Gasteiger partial charge on any atom is -0.478 e. The van der Waals surface area contributed by atoms with Crippen molar-refractivity contribution in [3.8, 4) is 0 Å². The van der Waals surface area contributed by atoms with E-state index in [-0.39, 0.29) is 18.0 Å². The average Bonchev–Trinajstić information content (AvgIpc) is 2.36. The zero-order chi connectivity index (χ0) is 13.5. The molecule has 102 valence electrons. The van der Waals surface area contributed by atoms with Crippen molar-refractivity contribution in [3.05, 3.63) is 12.2 Å². The molecule has 1 fully saturated rings. The largest absolute Gasteiger partial charge is 0.478 e. The van der Waals surface area contributed by atoms with E-state index in [4.69, 9.17) is 9.84 Å². The Morgan fingerprint density at radius 2 is 2.28 bits per heavy atom. The summed E-state index contributed by atoms with van der Waals surface area (Å²) in [5.74, 6) is -1.15. The van der Waals surface area contributed by atoms with Crippen LogP contribution in [0.3, 0.4) is 0 Å². The summed E-state index contributed by atoms with van der Waals surface area (Å²) >= 11 is 0. The number of ether oxygens (including phenoxy) is 1. The predicted molar refractivity (Wildman–Crippen MR) is 66.3 cm³/mol. The molecule has 0 saturated carbocycles. The number of aliphatic carboxylic acids is 1. The molecule has 6 heteroatoms. The summed E-state index contributed by atoms with van der Waals surface area (Å²) in [6.45, 7) is 7.60. The Balaban J connectivity index is 2.59. The van der Waals surface area contributed by atoms with Crippen molar-refractivity contribution in [1.29, 1.82) is 0 Å².